The van der Waals surface area contributed by atoms with Crippen LogP contribution in [0.4, 0.5) is 14.6 Å². The zero-order chi connectivity index (χ0) is 26.5. The monoisotopic (exact) mass is 520 g/mol. The van der Waals surface area contributed by atoms with E-state index < -0.39 is 11.6 Å². The van der Waals surface area contributed by atoms with Crippen LogP contribution in [-0.4, -0.2) is 21.0 Å². The van der Waals surface area contributed by atoms with Gasteiger partial charge in [-0.1, -0.05) is 61.5 Å². The fourth-order valence-corrected chi connectivity index (χ4v) is 6.77. The highest BCUT2D eigenvalue weighted by atomic mass is 19.1. The van der Waals surface area contributed by atoms with Crippen LogP contribution in [0.3, 0.4) is 0 Å². The van der Waals surface area contributed by atoms with Gasteiger partial charge in [-0.2, -0.15) is 0 Å². The maximum atomic E-state index is 14.5. The summed E-state index contributed by atoms with van der Waals surface area (Å²) in [5, 5.41) is 4.20. The highest BCUT2D eigenvalue weighted by Crippen LogP contribution is 2.46. The molecule has 2 aromatic heterocycles. The SMILES string of the molecule is CC1C2CCC(CC2)C1Nc1cc(-c2ccc(-c3ccccc3)cc2)nc(-c2c[nH]c3c(F)cc(F)cc23)n1. The number of aromatic amines is 1. The van der Waals surface area contributed by atoms with Gasteiger partial charge in [0.1, 0.15) is 17.5 Å². The number of rotatable bonds is 5. The van der Waals surface area contributed by atoms with Crippen LogP contribution in [0.25, 0.3) is 44.7 Å². The van der Waals surface area contributed by atoms with Crippen LogP contribution in [-0.2, 0) is 0 Å². The molecule has 6 heteroatoms. The van der Waals surface area contributed by atoms with Gasteiger partial charge in [-0.3, -0.25) is 0 Å². The summed E-state index contributed by atoms with van der Waals surface area (Å²) in [7, 11) is 0. The first-order valence-electron chi connectivity index (χ1n) is 13.8. The lowest BCUT2D eigenvalue weighted by molar-refractivity contribution is 0.0928. The van der Waals surface area contributed by atoms with E-state index in [9.17, 15) is 8.78 Å². The van der Waals surface area contributed by atoms with Crippen molar-refractivity contribution in [1.82, 2.24) is 15.0 Å². The van der Waals surface area contributed by atoms with Crippen molar-refractivity contribution in [3.05, 3.63) is 90.6 Å². The first-order chi connectivity index (χ1) is 19.0. The molecule has 4 nitrogen and oxygen atoms in total. The van der Waals surface area contributed by atoms with Crippen molar-refractivity contribution < 1.29 is 8.78 Å². The number of nitrogens with one attached hydrogen (secondary N) is 2. The van der Waals surface area contributed by atoms with Crippen LogP contribution in [0.15, 0.2) is 79.0 Å². The quantitative estimate of drug-likeness (QED) is 0.244. The van der Waals surface area contributed by atoms with Crippen molar-refractivity contribution in [2.45, 2.75) is 38.6 Å². The minimum Gasteiger partial charge on any atom is -0.367 e. The molecular weight excluding hydrogens is 490 g/mol. The number of hydrogen-bond acceptors (Lipinski definition) is 3. The zero-order valence-corrected chi connectivity index (χ0v) is 21.8. The number of hydrogen-bond donors (Lipinski definition) is 2. The van der Waals surface area contributed by atoms with Crippen LogP contribution in [0.2, 0.25) is 0 Å². The van der Waals surface area contributed by atoms with Gasteiger partial charge in [0.05, 0.1) is 11.2 Å². The Labute approximate surface area is 226 Å². The summed E-state index contributed by atoms with van der Waals surface area (Å²) in [6.45, 7) is 2.35. The first kappa shape index (κ1) is 24.0. The van der Waals surface area contributed by atoms with Gasteiger partial charge in [-0.15, -0.1) is 0 Å². The number of nitrogens with zero attached hydrogens (tertiary/aromatic N) is 2. The van der Waals surface area contributed by atoms with Gasteiger partial charge in [0.2, 0.25) is 0 Å². The predicted octanol–water partition coefficient (Wildman–Crippen LogP) is 8.47. The molecule has 2 unspecified atom stereocenters. The van der Waals surface area contributed by atoms with E-state index in [-0.39, 0.29) is 5.52 Å². The number of aromatic nitrogens is 3. The van der Waals surface area contributed by atoms with Crippen molar-refractivity contribution in [3.8, 4) is 33.8 Å². The summed E-state index contributed by atoms with van der Waals surface area (Å²) < 4.78 is 28.7. The maximum absolute atomic E-state index is 14.5. The molecule has 0 radical (unpaired) electrons. The Morgan fingerprint density at radius 1 is 0.795 bits per heavy atom. The molecule has 39 heavy (non-hydrogen) atoms. The van der Waals surface area contributed by atoms with E-state index in [1.54, 1.807) is 6.20 Å². The molecule has 2 bridgehead atoms. The Morgan fingerprint density at radius 2 is 1.49 bits per heavy atom. The van der Waals surface area contributed by atoms with Crippen LogP contribution >= 0.6 is 0 Å². The first-order valence-corrected chi connectivity index (χ1v) is 13.8. The Kier molecular flexibility index (Phi) is 5.91. The lowest BCUT2D eigenvalue weighted by Gasteiger charge is -2.47. The molecule has 196 valence electrons. The van der Waals surface area contributed by atoms with Crippen LogP contribution in [0.1, 0.15) is 32.6 Å². The zero-order valence-electron chi connectivity index (χ0n) is 21.8. The second-order valence-electron chi connectivity index (χ2n) is 11.1. The standard InChI is InChI=1S/C33H30F2N4/c1-19-20-7-13-24(14-8-20)31(19)38-30-17-29(23-11-9-22(10-12-23)21-5-3-2-4-6-21)37-33(39-30)27-18-36-32-26(27)15-25(34)16-28(32)35/h2-6,9-12,15-20,24,31,36H,7-8,13-14H2,1H3,(H,37,38,39). The van der Waals surface area contributed by atoms with Gasteiger partial charge in [0, 0.05) is 40.9 Å². The van der Waals surface area contributed by atoms with E-state index in [4.69, 9.17) is 9.97 Å². The van der Waals surface area contributed by atoms with Crippen molar-refractivity contribution in [3.63, 3.8) is 0 Å². The highest BCUT2D eigenvalue weighted by molar-refractivity contribution is 5.94. The van der Waals surface area contributed by atoms with E-state index in [0.717, 1.165) is 40.2 Å². The van der Waals surface area contributed by atoms with E-state index in [2.05, 4.69) is 53.6 Å². The minimum atomic E-state index is -0.630. The third-order valence-corrected chi connectivity index (χ3v) is 8.91. The molecule has 3 aliphatic rings. The molecule has 3 aromatic carbocycles. The number of H-pyrrole nitrogens is 1. The van der Waals surface area contributed by atoms with E-state index in [1.165, 1.54) is 31.7 Å². The van der Waals surface area contributed by atoms with E-state index >= 15 is 0 Å². The second kappa shape index (κ2) is 9.60. The molecule has 3 fully saturated rings. The molecule has 0 amide bonds. The van der Waals surface area contributed by atoms with Gasteiger partial charge in [-0.25, -0.2) is 18.7 Å². The van der Waals surface area contributed by atoms with E-state index in [0.29, 0.717) is 34.7 Å². The number of anilines is 1. The molecule has 0 spiro atoms. The minimum absolute atomic E-state index is 0.250. The fourth-order valence-electron chi connectivity index (χ4n) is 6.77. The topological polar surface area (TPSA) is 53.6 Å². The summed E-state index contributed by atoms with van der Waals surface area (Å²) in [6.07, 6.45) is 6.79. The van der Waals surface area contributed by atoms with Crippen molar-refractivity contribution in [2.24, 2.45) is 17.8 Å². The van der Waals surface area contributed by atoms with Gasteiger partial charge >= 0.3 is 0 Å². The smallest absolute Gasteiger partial charge is 0.164 e. The maximum Gasteiger partial charge on any atom is 0.164 e. The largest absolute Gasteiger partial charge is 0.367 e. The van der Waals surface area contributed by atoms with Crippen LogP contribution in [0, 0.1) is 29.4 Å². The van der Waals surface area contributed by atoms with Crippen molar-refractivity contribution in [1.29, 1.82) is 0 Å². The molecule has 2 heterocycles. The molecule has 3 aliphatic carbocycles. The predicted molar refractivity (Wildman–Crippen MR) is 152 cm³/mol. The average molecular weight is 521 g/mol. The second-order valence-corrected chi connectivity index (χ2v) is 11.1. The number of halogens is 2. The lowest BCUT2D eigenvalue weighted by Crippen LogP contribution is -2.47. The normalized spacial score (nSPS) is 22.3. The van der Waals surface area contributed by atoms with Gasteiger partial charge < -0.3 is 10.3 Å². The molecular formula is C33H30F2N4. The summed E-state index contributed by atoms with van der Waals surface area (Å²) in [4.78, 5) is 12.8. The summed E-state index contributed by atoms with van der Waals surface area (Å²) >= 11 is 0. The number of fused-ring (bicyclic) bond motifs is 4. The molecule has 2 N–H and O–H groups in total. The van der Waals surface area contributed by atoms with Crippen LogP contribution < -0.4 is 5.32 Å². The van der Waals surface area contributed by atoms with Crippen molar-refractivity contribution in [2.75, 3.05) is 5.32 Å². The molecule has 3 saturated carbocycles. The van der Waals surface area contributed by atoms with Gasteiger partial charge in [-0.05, 0) is 60.6 Å². The molecule has 0 saturated heterocycles. The van der Waals surface area contributed by atoms with Gasteiger partial charge in [0.15, 0.2) is 5.82 Å². The summed E-state index contributed by atoms with van der Waals surface area (Å²) in [5.74, 6) is 1.88. The highest BCUT2D eigenvalue weighted by Gasteiger charge is 2.41. The average Bonchev–Trinajstić information content (AvgIpc) is 3.40. The summed E-state index contributed by atoms with van der Waals surface area (Å²) in [5.41, 5.74) is 4.83. The fraction of sp³-hybridized carbons (Fsp3) is 0.273. The third-order valence-electron chi connectivity index (χ3n) is 8.91. The molecule has 5 aromatic rings. The molecule has 8 rings (SSSR count). The van der Waals surface area contributed by atoms with E-state index in [1.807, 2.05) is 24.3 Å². The van der Waals surface area contributed by atoms with Gasteiger partial charge in [0.25, 0.3) is 0 Å². The summed E-state index contributed by atoms with van der Waals surface area (Å²) in [6, 6.07) is 23.2. The Morgan fingerprint density at radius 3 is 2.23 bits per heavy atom. The van der Waals surface area contributed by atoms with Crippen molar-refractivity contribution >= 4 is 16.7 Å². The molecule has 2 atom stereocenters. The lowest BCUT2D eigenvalue weighted by atomic mass is 9.62. The molecule has 0 aliphatic heterocycles. The van der Waals surface area contributed by atoms with Crippen LogP contribution in [0.5, 0.6) is 0 Å². The third kappa shape index (κ3) is 4.38. The Bertz CT molecular complexity index is 1630. The number of benzene rings is 3. The Balaban J connectivity index is 1.32. The Hall–Kier alpha value is -4.06.